The highest BCUT2D eigenvalue weighted by Crippen LogP contribution is 2.66. The van der Waals surface area contributed by atoms with Crippen molar-refractivity contribution in [3.05, 3.63) is 63.9 Å². The van der Waals surface area contributed by atoms with Gasteiger partial charge in [-0.25, -0.2) is 0 Å². The normalized spacial score (nSPS) is 36.8. The first-order valence-corrected chi connectivity index (χ1v) is 14.2. The number of nitrogens with one attached hydrogen (secondary N) is 1. The first kappa shape index (κ1) is 24.4. The van der Waals surface area contributed by atoms with Gasteiger partial charge in [0, 0.05) is 29.9 Å². The lowest BCUT2D eigenvalue weighted by Gasteiger charge is -2.68. The van der Waals surface area contributed by atoms with Gasteiger partial charge in [0.05, 0.1) is 24.5 Å². The van der Waals surface area contributed by atoms with E-state index in [0.717, 1.165) is 29.5 Å². The number of aliphatic hydroxyl groups is 1. The molecule has 2 heterocycles. The van der Waals surface area contributed by atoms with Crippen molar-refractivity contribution in [2.24, 2.45) is 5.92 Å². The topological polar surface area (TPSA) is 102 Å². The molecule has 1 saturated heterocycles. The highest BCUT2D eigenvalue weighted by atomic mass is 16.6. The smallest absolute Gasteiger partial charge is 0.251 e. The molecule has 202 valence electrons. The molecule has 5 aliphatic rings. The standard InChI is InChI=1S/C31H38N2O5/c1-29(2,3)21-9-6-19(7-10-21)28(35)32-22-12-13-31(36)24-16-20-8-11-23(34)26-25(20)30(31,27(22)38-26)14-15-33(24,37)17-18-4-5-18/h6-11,18,22,24,27,34,36H,4-5,12-17H2,1-3H3,(H,32,35)/t22-,24-,27+,30?,31-,33?/m1/s1. The van der Waals surface area contributed by atoms with E-state index >= 15 is 0 Å². The van der Waals surface area contributed by atoms with Gasteiger partial charge in [-0.1, -0.05) is 39.0 Å². The molecular weight excluding hydrogens is 480 g/mol. The molecule has 1 amide bonds. The lowest BCUT2D eigenvalue weighted by molar-refractivity contribution is -0.924. The minimum atomic E-state index is -1.24. The van der Waals surface area contributed by atoms with Gasteiger partial charge < -0.3 is 30.1 Å². The number of benzene rings is 2. The third-order valence-electron chi connectivity index (χ3n) is 10.4. The number of rotatable bonds is 4. The van der Waals surface area contributed by atoms with Gasteiger partial charge in [-0.05, 0) is 60.4 Å². The van der Waals surface area contributed by atoms with Crippen LogP contribution in [0.25, 0.3) is 0 Å². The Morgan fingerprint density at radius 1 is 1.13 bits per heavy atom. The van der Waals surface area contributed by atoms with Gasteiger partial charge in [-0.3, -0.25) is 4.79 Å². The van der Waals surface area contributed by atoms with Crippen molar-refractivity contribution in [2.75, 3.05) is 13.1 Å². The number of aromatic hydroxyl groups is 1. The number of hydrogen-bond donors (Lipinski definition) is 3. The number of ether oxygens (including phenoxy) is 1. The molecule has 1 spiro atoms. The van der Waals surface area contributed by atoms with Crippen LogP contribution < -0.4 is 10.1 Å². The van der Waals surface area contributed by atoms with Crippen molar-refractivity contribution in [2.45, 2.75) is 93.9 Å². The van der Waals surface area contributed by atoms with Crippen LogP contribution in [0, 0.1) is 11.1 Å². The Morgan fingerprint density at radius 3 is 2.55 bits per heavy atom. The van der Waals surface area contributed by atoms with Crippen molar-refractivity contribution in [3.63, 3.8) is 0 Å². The van der Waals surface area contributed by atoms with Crippen LogP contribution in [0.3, 0.4) is 0 Å². The third kappa shape index (κ3) is 3.21. The maximum absolute atomic E-state index is 14.3. The average molecular weight is 519 g/mol. The number of carbonyl (C=O) groups is 1. The highest BCUT2D eigenvalue weighted by Gasteiger charge is 2.76. The molecule has 2 aromatic rings. The maximum atomic E-state index is 14.3. The second-order valence-electron chi connectivity index (χ2n) is 13.6. The zero-order valence-corrected chi connectivity index (χ0v) is 22.5. The van der Waals surface area contributed by atoms with Gasteiger partial charge in [-0.15, -0.1) is 0 Å². The molecule has 0 aromatic heterocycles. The molecule has 2 bridgehead atoms. The molecule has 2 unspecified atom stereocenters. The fourth-order valence-corrected chi connectivity index (χ4v) is 8.28. The fraction of sp³-hybridized carbons (Fsp3) is 0.581. The number of hydroxylamine groups is 3. The van der Waals surface area contributed by atoms with E-state index in [4.69, 9.17) is 4.74 Å². The predicted octanol–water partition coefficient (Wildman–Crippen LogP) is 4.07. The Balaban J connectivity index is 1.25. The molecule has 2 saturated carbocycles. The molecule has 38 heavy (non-hydrogen) atoms. The molecule has 3 fully saturated rings. The second-order valence-corrected chi connectivity index (χ2v) is 13.6. The van der Waals surface area contributed by atoms with E-state index in [2.05, 4.69) is 26.1 Å². The van der Waals surface area contributed by atoms with Crippen LogP contribution in [-0.4, -0.2) is 57.6 Å². The number of carbonyl (C=O) groups excluding carboxylic acids is 1. The van der Waals surface area contributed by atoms with Crippen LogP contribution in [0.2, 0.25) is 0 Å². The zero-order chi connectivity index (χ0) is 26.7. The molecule has 7 nitrogen and oxygen atoms in total. The van der Waals surface area contributed by atoms with Crippen molar-refractivity contribution in [3.8, 4) is 11.5 Å². The van der Waals surface area contributed by atoms with Crippen molar-refractivity contribution in [1.29, 1.82) is 0 Å². The summed E-state index contributed by atoms with van der Waals surface area (Å²) in [6.07, 6.45) is 3.57. The summed E-state index contributed by atoms with van der Waals surface area (Å²) in [5.74, 6) is 0.765. The van der Waals surface area contributed by atoms with Crippen LogP contribution in [-0.2, 0) is 17.3 Å². The first-order chi connectivity index (χ1) is 18.0. The van der Waals surface area contributed by atoms with Gasteiger partial charge in [0.25, 0.3) is 5.91 Å². The number of likely N-dealkylation sites (tertiary alicyclic amines) is 1. The number of amides is 1. The minimum Gasteiger partial charge on any atom is -0.632 e. The average Bonchev–Trinajstić information content (AvgIpc) is 3.60. The Labute approximate surface area is 224 Å². The van der Waals surface area contributed by atoms with Crippen LogP contribution in [0.1, 0.15) is 79.9 Å². The first-order valence-electron chi connectivity index (χ1n) is 14.2. The van der Waals surface area contributed by atoms with E-state index in [0.29, 0.717) is 56.0 Å². The van der Waals surface area contributed by atoms with Crippen molar-refractivity contribution < 1.29 is 24.4 Å². The third-order valence-corrected chi connectivity index (χ3v) is 10.4. The number of hydrogen-bond acceptors (Lipinski definition) is 5. The Morgan fingerprint density at radius 2 is 1.87 bits per heavy atom. The van der Waals surface area contributed by atoms with Gasteiger partial charge in [0.1, 0.15) is 17.7 Å². The Hall–Kier alpha value is -2.61. The number of nitrogens with zero attached hydrogens (tertiary/aromatic N) is 1. The van der Waals surface area contributed by atoms with E-state index in [9.17, 15) is 20.2 Å². The van der Waals surface area contributed by atoms with E-state index in [1.807, 2.05) is 30.3 Å². The molecule has 2 aliphatic heterocycles. The Kier molecular flexibility index (Phi) is 4.98. The molecular formula is C31H38N2O5. The largest absolute Gasteiger partial charge is 0.632 e. The summed E-state index contributed by atoms with van der Waals surface area (Å²) in [6, 6.07) is 10.5. The molecule has 7 rings (SSSR count). The van der Waals surface area contributed by atoms with E-state index in [1.165, 1.54) is 0 Å². The molecule has 7 heteroatoms. The SMILES string of the molecule is CC(C)(C)c1ccc(C(=O)N[C@@H]2CC[C@@]3(O)[C@H]4Cc5ccc(O)c6c5C3(CC[N+]4([O-])CC3CC3)[C@H]2O6)cc1. The predicted molar refractivity (Wildman–Crippen MR) is 143 cm³/mol. The summed E-state index contributed by atoms with van der Waals surface area (Å²) in [5, 5.41) is 40.9. The zero-order valence-electron chi connectivity index (χ0n) is 22.5. The van der Waals surface area contributed by atoms with Gasteiger partial charge >= 0.3 is 0 Å². The van der Waals surface area contributed by atoms with Gasteiger partial charge in [0.15, 0.2) is 11.5 Å². The van der Waals surface area contributed by atoms with E-state index in [1.54, 1.807) is 6.07 Å². The molecule has 6 atom stereocenters. The lowest BCUT2D eigenvalue weighted by Crippen LogP contribution is -2.81. The molecule has 3 N–H and O–H groups in total. The van der Waals surface area contributed by atoms with Crippen LogP contribution in [0.4, 0.5) is 0 Å². The number of piperidine rings is 1. The molecule has 0 radical (unpaired) electrons. The highest BCUT2D eigenvalue weighted by molar-refractivity contribution is 5.94. The lowest BCUT2D eigenvalue weighted by atomic mass is 9.48. The summed E-state index contributed by atoms with van der Waals surface area (Å²) < 4.78 is 6.17. The number of phenols is 1. The number of phenolic OH excluding ortho intramolecular Hbond substituents is 1. The molecule has 3 aliphatic carbocycles. The summed E-state index contributed by atoms with van der Waals surface area (Å²) in [5.41, 5.74) is 1.55. The maximum Gasteiger partial charge on any atom is 0.251 e. The van der Waals surface area contributed by atoms with E-state index in [-0.39, 0.29) is 27.8 Å². The van der Waals surface area contributed by atoms with Crippen LogP contribution in [0.5, 0.6) is 11.5 Å². The van der Waals surface area contributed by atoms with Crippen molar-refractivity contribution >= 4 is 5.91 Å². The summed E-state index contributed by atoms with van der Waals surface area (Å²) >= 11 is 0. The monoisotopic (exact) mass is 518 g/mol. The number of quaternary nitrogens is 1. The molecule has 2 aromatic carbocycles. The van der Waals surface area contributed by atoms with Crippen LogP contribution >= 0.6 is 0 Å². The quantitative estimate of drug-likeness (QED) is 0.419. The fourth-order valence-electron chi connectivity index (χ4n) is 8.28. The Bertz CT molecular complexity index is 1310. The van der Waals surface area contributed by atoms with E-state index < -0.39 is 23.2 Å². The van der Waals surface area contributed by atoms with Crippen LogP contribution in [0.15, 0.2) is 36.4 Å². The summed E-state index contributed by atoms with van der Waals surface area (Å²) in [7, 11) is 0. The second kappa shape index (κ2) is 7.74. The minimum absolute atomic E-state index is 0.00152. The summed E-state index contributed by atoms with van der Waals surface area (Å²) in [4.78, 5) is 13.4. The van der Waals surface area contributed by atoms with Gasteiger partial charge in [-0.2, -0.15) is 0 Å². The summed E-state index contributed by atoms with van der Waals surface area (Å²) in [6.45, 7) is 7.42. The van der Waals surface area contributed by atoms with Gasteiger partial charge in [0.2, 0.25) is 0 Å². The van der Waals surface area contributed by atoms with Crippen molar-refractivity contribution in [1.82, 2.24) is 5.32 Å².